The largest absolute Gasteiger partial charge is 0.385 e. The van der Waals surface area contributed by atoms with E-state index in [1.807, 2.05) is 13.0 Å². The van der Waals surface area contributed by atoms with Crippen molar-refractivity contribution in [2.45, 2.75) is 27.2 Å². The maximum atomic E-state index is 12.0. The van der Waals surface area contributed by atoms with Crippen LogP contribution in [0.4, 0.5) is 0 Å². The SMILES string of the molecule is COCCC(C)(C)CNC(=O)c1cc(C)c(Br)s1. The Morgan fingerprint density at radius 3 is 2.72 bits per heavy atom. The van der Waals surface area contributed by atoms with Crippen LogP contribution in [0.1, 0.15) is 35.5 Å². The van der Waals surface area contributed by atoms with Gasteiger partial charge in [0.1, 0.15) is 0 Å². The van der Waals surface area contributed by atoms with Crippen LogP contribution in [0.5, 0.6) is 0 Å². The summed E-state index contributed by atoms with van der Waals surface area (Å²) in [6.45, 7) is 7.61. The molecule has 1 N–H and O–H groups in total. The molecule has 0 bridgehead atoms. The van der Waals surface area contributed by atoms with Crippen LogP contribution in [0.3, 0.4) is 0 Å². The summed E-state index contributed by atoms with van der Waals surface area (Å²) in [4.78, 5) is 12.7. The van der Waals surface area contributed by atoms with Crippen molar-refractivity contribution in [1.29, 1.82) is 0 Å². The molecule has 1 amide bonds. The van der Waals surface area contributed by atoms with Gasteiger partial charge in [0, 0.05) is 20.3 Å². The molecule has 0 unspecified atom stereocenters. The maximum Gasteiger partial charge on any atom is 0.261 e. The second-order valence-corrected chi connectivity index (χ2v) is 7.53. The fourth-order valence-corrected chi connectivity index (χ4v) is 2.90. The number of hydrogen-bond acceptors (Lipinski definition) is 3. The topological polar surface area (TPSA) is 38.3 Å². The van der Waals surface area contributed by atoms with Gasteiger partial charge >= 0.3 is 0 Å². The average Bonchev–Trinajstić information content (AvgIpc) is 2.64. The van der Waals surface area contributed by atoms with E-state index < -0.39 is 0 Å². The Morgan fingerprint density at radius 2 is 2.22 bits per heavy atom. The van der Waals surface area contributed by atoms with E-state index in [2.05, 4.69) is 35.1 Å². The van der Waals surface area contributed by atoms with Gasteiger partial charge in [0.05, 0.1) is 8.66 Å². The van der Waals surface area contributed by atoms with Crippen molar-refractivity contribution in [3.63, 3.8) is 0 Å². The van der Waals surface area contributed by atoms with Crippen LogP contribution in [-0.2, 0) is 4.74 Å². The predicted molar refractivity (Wildman–Crippen MR) is 79.4 cm³/mol. The molecule has 0 aliphatic carbocycles. The Kier molecular flexibility index (Phi) is 5.82. The molecule has 0 saturated heterocycles. The lowest BCUT2D eigenvalue weighted by Gasteiger charge is -2.24. The zero-order valence-corrected chi connectivity index (χ0v) is 13.7. The lowest BCUT2D eigenvalue weighted by Crippen LogP contribution is -2.34. The van der Waals surface area contributed by atoms with Crippen LogP contribution in [0.2, 0.25) is 0 Å². The molecular formula is C13H20BrNO2S. The van der Waals surface area contributed by atoms with Gasteiger partial charge in [-0.05, 0) is 46.3 Å². The molecular weight excluding hydrogens is 314 g/mol. The third kappa shape index (κ3) is 4.71. The first-order valence-electron chi connectivity index (χ1n) is 5.89. The molecule has 0 spiro atoms. The van der Waals surface area contributed by atoms with Gasteiger partial charge in [-0.2, -0.15) is 0 Å². The number of ether oxygens (including phenoxy) is 1. The molecule has 0 aliphatic heterocycles. The summed E-state index contributed by atoms with van der Waals surface area (Å²) < 4.78 is 6.09. The Balaban J connectivity index is 2.50. The highest BCUT2D eigenvalue weighted by atomic mass is 79.9. The highest BCUT2D eigenvalue weighted by molar-refractivity contribution is 9.11. The molecule has 1 heterocycles. The molecule has 0 fully saturated rings. The Hall–Kier alpha value is -0.390. The highest BCUT2D eigenvalue weighted by Gasteiger charge is 2.19. The number of carbonyl (C=O) groups excluding carboxylic acids is 1. The number of nitrogens with one attached hydrogen (secondary N) is 1. The fourth-order valence-electron chi connectivity index (χ4n) is 1.45. The number of aryl methyl sites for hydroxylation is 1. The molecule has 5 heteroatoms. The molecule has 18 heavy (non-hydrogen) atoms. The lowest BCUT2D eigenvalue weighted by atomic mass is 9.90. The standard InChI is InChI=1S/C13H20BrNO2S/c1-9-7-10(18-11(9)14)12(16)15-8-13(2,3)5-6-17-4/h7H,5-6,8H2,1-4H3,(H,15,16). The number of thiophene rings is 1. The second kappa shape index (κ2) is 6.68. The summed E-state index contributed by atoms with van der Waals surface area (Å²) in [6, 6.07) is 1.91. The average molecular weight is 334 g/mol. The molecule has 0 atom stereocenters. The Morgan fingerprint density at radius 1 is 1.56 bits per heavy atom. The number of methoxy groups -OCH3 is 1. The summed E-state index contributed by atoms with van der Waals surface area (Å²) >= 11 is 4.90. The summed E-state index contributed by atoms with van der Waals surface area (Å²) in [5.74, 6) is -0.000656. The van der Waals surface area contributed by atoms with Gasteiger partial charge in [-0.3, -0.25) is 4.79 Å². The van der Waals surface area contributed by atoms with Gasteiger partial charge in [-0.25, -0.2) is 0 Å². The zero-order valence-electron chi connectivity index (χ0n) is 11.3. The van der Waals surface area contributed by atoms with E-state index in [9.17, 15) is 4.79 Å². The lowest BCUT2D eigenvalue weighted by molar-refractivity contribution is 0.0925. The highest BCUT2D eigenvalue weighted by Crippen LogP contribution is 2.27. The van der Waals surface area contributed by atoms with E-state index in [-0.39, 0.29) is 11.3 Å². The molecule has 0 saturated carbocycles. The van der Waals surface area contributed by atoms with E-state index in [1.165, 1.54) is 11.3 Å². The molecule has 102 valence electrons. The quantitative estimate of drug-likeness (QED) is 0.863. The van der Waals surface area contributed by atoms with Crippen LogP contribution in [-0.4, -0.2) is 26.2 Å². The van der Waals surface area contributed by atoms with Crippen LogP contribution in [0, 0.1) is 12.3 Å². The molecule has 1 aromatic heterocycles. The number of rotatable bonds is 6. The zero-order chi connectivity index (χ0) is 13.8. The van der Waals surface area contributed by atoms with E-state index >= 15 is 0 Å². The summed E-state index contributed by atoms with van der Waals surface area (Å²) in [7, 11) is 1.70. The van der Waals surface area contributed by atoms with Gasteiger partial charge in [0.2, 0.25) is 0 Å². The Bertz CT molecular complexity index is 396. The van der Waals surface area contributed by atoms with E-state index in [0.717, 1.165) is 20.6 Å². The number of hydrogen-bond donors (Lipinski definition) is 1. The number of amides is 1. The second-order valence-electron chi connectivity index (χ2n) is 5.16. The first-order chi connectivity index (χ1) is 8.35. The number of carbonyl (C=O) groups is 1. The van der Waals surface area contributed by atoms with Gasteiger partial charge in [-0.15, -0.1) is 11.3 Å². The first kappa shape index (κ1) is 15.7. The van der Waals surface area contributed by atoms with Gasteiger partial charge in [0.15, 0.2) is 0 Å². The van der Waals surface area contributed by atoms with Crippen LogP contribution < -0.4 is 5.32 Å². The summed E-state index contributed by atoms with van der Waals surface area (Å²) in [5.41, 5.74) is 1.15. The smallest absolute Gasteiger partial charge is 0.261 e. The van der Waals surface area contributed by atoms with E-state index in [4.69, 9.17) is 4.74 Å². The molecule has 1 aromatic rings. The maximum absolute atomic E-state index is 12.0. The third-order valence-electron chi connectivity index (χ3n) is 2.79. The third-order valence-corrected chi connectivity index (χ3v) is 4.93. The molecule has 1 rings (SSSR count). The summed E-state index contributed by atoms with van der Waals surface area (Å²) in [6.07, 6.45) is 0.928. The minimum absolute atomic E-state index is 0.000656. The van der Waals surface area contributed by atoms with Gasteiger partial charge in [0.25, 0.3) is 5.91 Å². The molecule has 0 aromatic carbocycles. The van der Waals surface area contributed by atoms with Crippen molar-refractivity contribution in [3.8, 4) is 0 Å². The van der Waals surface area contributed by atoms with Crippen molar-refractivity contribution in [2.24, 2.45) is 5.41 Å². The van der Waals surface area contributed by atoms with Crippen LogP contribution in [0.15, 0.2) is 9.85 Å². The van der Waals surface area contributed by atoms with E-state index in [0.29, 0.717) is 13.2 Å². The van der Waals surface area contributed by atoms with Crippen LogP contribution in [0.25, 0.3) is 0 Å². The predicted octanol–water partition coefficient (Wildman–Crippen LogP) is 3.61. The monoisotopic (exact) mass is 333 g/mol. The fraction of sp³-hybridized carbons (Fsp3) is 0.615. The Labute approximate surface area is 121 Å². The van der Waals surface area contributed by atoms with Crippen molar-refractivity contribution in [3.05, 3.63) is 20.3 Å². The van der Waals surface area contributed by atoms with Crippen LogP contribution >= 0.6 is 27.3 Å². The molecule has 0 aliphatic rings. The molecule has 0 radical (unpaired) electrons. The first-order valence-corrected chi connectivity index (χ1v) is 7.50. The summed E-state index contributed by atoms with van der Waals surface area (Å²) in [5, 5.41) is 2.98. The van der Waals surface area contributed by atoms with Gasteiger partial charge < -0.3 is 10.1 Å². The van der Waals surface area contributed by atoms with Crippen molar-refractivity contribution in [1.82, 2.24) is 5.32 Å². The van der Waals surface area contributed by atoms with Crippen molar-refractivity contribution in [2.75, 3.05) is 20.3 Å². The normalized spacial score (nSPS) is 11.6. The number of halogens is 1. The van der Waals surface area contributed by atoms with Crippen molar-refractivity contribution >= 4 is 33.2 Å². The molecule has 3 nitrogen and oxygen atoms in total. The van der Waals surface area contributed by atoms with E-state index in [1.54, 1.807) is 7.11 Å². The minimum Gasteiger partial charge on any atom is -0.385 e. The van der Waals surface area contributed by atoms with Crippen molar-refractivity contribution < 1.29 is 9.53 Å². The van der Waals surface area contributed by atoms with Gasteiger partial charge in [-0.1, -0.05) is 13.8 Å². The minimum atomic E-state index is -0.000656.